The quantitative estimate of drug-likeness (QED) is 0.0509. The van der Waals surface area contributed by atoms with Gasteiger partial charge in [0.25, 0.3) is 0 Å². The van der Waals surface area contributed by atoms with E-state index in [0.29, 0.717) is 40.9 Å². The summed E-state index contributed by atoms with van der Waals surface area (Å²) < 4.78 is 34.9. The maximum Gasteiger partial charge on any atom is 0.376 e. The first-order valence-electron chi connectivity index (χ1n) is 19.6. The van der Waals surface area contributed by atoms with Crippen molar-refractivity contribution in [3.8, 4) is 5.75 Å². The lowest BCUT2D eigenvalue weighted by molar-refractivity contribution is -0.184. The van der Waals surface area contributed by atoms with Crippen LogP contribution in [0.2, 0.25) is 0 Å². The molecule has 4 aromatic carbocycles. The molecule has 12 heteroatoms. The molecule has 0 fully saturated rings. The molecule has 3 atom stereocenters. The molecule has 0 spiro atoms. The number of ether oxygens (including phenoxy) is 2. The van der Waals surface area contributed by atoms with Gasteiger partial charge in [-0.2, -0.15) is 0 Å². The predicted molar refractivity (Wildman–Crippen MR) is 227 cm³/mol. The van der Waals surface area contributed by atoms with E-state index in [1.54, 1.807) is 24.3 Å². The second-order valence-electron chi connectivity index (χ2n) is 15.2. The molecule has 0 saturated heterocycles. The van der Waals surface area contributed by atoms with Crippen molar-refractivity contribution in [3.63, 3.8) is 0 Å². The topological polar surface area (TPSA) is 132 Å². The van der Waals surface area contributed by atoms with Crippen molar-refractivity contribution < 1.29 is 37.5 Å². The van der Waals surface area contributed by atoms with Crippen LogP contribution in [0.25, 0.3) is 0 Å². The van der Waals surface area contributed by atoms with Crippen LogP contribution in [0.15, 0.2) is 97.1 Å². The monoisotopic (exact) mass is 799 g/mol. The Morgan fingerprint density at radius 3 is 2.00 bits per heavy atom. The molecule has 0 aliphatic heterocycles. The van der Waals surface area contributed by atoms with E-state index in [1.165, 1.54) is 13.6 Å². The summed E-state index contributed by atoms with van der Waals surface area (Å²) in [7, 11) is -3.39. The highest BCUT2D eigenvalue weighted by atomic mass is 31.2. The fourth-order valence-corrected chi connectivity index (χ4v) is 7.20. The second kappa shape index (κ2) is 21.4. The summed E-state index contributed by atoms with van der Waals surface area (Å²) >= 11 is 0. The normalized spacial score (nSPS) is 13.3. The van der Waals surface area contributed by atoms with Gasteiger partial charge in [-0.3, -0.25) is 14.1 Å². The third-order valence-corrected chi connectivity index (χ3v) is 10.1. The highest BCUT2D eigenvalue weighted by Crippen LogP contribution is 2.45. The number of urea groups is 1. The number of nitrogens with zero attached hydrogens (tertiary/aromatic N) is 1. The maximum absolute atomic E-state index is 13.3. The van der Waals surface area contributed by atoms with E-state index in [-0.39, 0.29) is 31.4 Å². The first-order valence-corrected chi connectivity index (χ1v) is 21.5. The summed E-state index contributed by atoms with van der Waals surface area (Å²) in [5.41, 5.74) is 5.70. The molecule has 2 amide bonds. The Balaban J connectivity index is 1.35. The fraction of sp³-hybridized carbons (Fsp3) is 0.400. The standard InChI is InChI=1S/C45H58N3O8P/c1-9-37(38-19-24-42(48(28-31(2)3)29-32(4)5)41(26-38)47-45(51)46-39-20-15-33(6)16-21-39)27-44(50)55-34(7)54-43(49)25-35-17-22-40(23-18-35)56-57(8,52)53-30-36-13-11-10-12-14-36/h10-24,26,31-32,34,37H,9,25,27-30H2,1-8H3,(H2,46,47,51)/t34?,37-,57?/m0/s1. The first kappa shape index (κ1) is 44.6. The van der Waals surface area contributed by atoms with Crippen LogP contribution in [0.5, 0.6) is 5.75 Å². The van der Waals surface area contributed by atoms with Gasteiger partial charge in [-0.15, -0.1) is 0 Å². The number of hydrogen-bond acceptors (Lipinski definition) is 9. The van der Waals surface area contributed by atoms with Crippen molar-refractivity contribution in [3.05, 3.63) is 119 Å². The molecule has 0 aliphatic carbocycles. The van der Waals surface area contributed by atoms with Gasteiger partial charge in [0, 0.05) is 32.4 Å². The maximum atomic E-state index is 13.3. The minimum absolute atomic E-state index is 0.0479. The van der Waals surface area contributed by atoms with Crippen molar-refractivity contribution in [1.82, 2.24) is 0 Å². The zero-order valence-electron chi connectivity index (χ0n) is 34.5. The number of carbonyl (C=O) groups excluding carboxylic acids is 3. The fourth-order valence-electron chi connectivity index (χ4n) is 6.26. The lowest BCUT2D eigenvalue weighted by atomic mass is 9.92. The Bertz CT molecular complexity index is 1940. The number of amides is 2. The number of anilines is 3. The molecule has 4 rings (SSSR count). The average molecular weight is 800 g/mol. The molecule has 0 aliphatic rings. The van der Waals surface area contributed by atoms with Gasteiger partial charge in [-0.1, -0.05) is 101 Å². The number of hydrogen-bond donors (Lipinski definition) is 2. The van der Waals surface area contributed by atoms with Crippen molar-refractivity contribution in [1.29, 1.82) is 0 Å². The van der Waals surface area contributed by atoms with Crippen LogP contribution >= 0.6 is 7.60 Å². The van der Waals surface area contributed by atoms with Crippen molar-refractivity contribution >= 4 is 42.6 Å². The molecule has 0 bridgehead atoms. The van der Waals surface area contributed by atoms with E-state index in [1.807, 2.05) is 86.6 Å². The third kappa shape index (κ3) is 15.4. The second-order valence-corrected chi connectivity index (χ2v) is 17.2. The minimum Gasteiger partial charge on any atom is -0.425 e. The van der Waals surface area contributed by atoms with Crippen molar-refractivity contribution in [2.24, 2.45) is 11.8 Å². The summed E-state index contributed by atoms with van der Waals surface area (Å²) in [6.45, 7) is 17.3. The van der Waals surface area contributed by atoms with Gasteiger partial charge < -0.3 is 29.5 Å². The SMILES string of the molecule is CC[C@@H](CC(=O)OC(C)OC(=O)Cc1ccc(OP(C)(=O)OCc2ccccc2)cc1)c1ccc(N(CC(C)C)CC(C)C)c(NC(=O)Nc2ccc(C)cc2)c1. The smallest absolute Gasteiger partial charge is 0.376 e. The molecule has 0 heterocycles. The Labute approximate surface area is 338 Å². The van der Waals surface area contributed by atoms with E-state index in [4.69, 9.17) is 18.5 Å². The lowest BCUT2D eigenvalue weighted by Crippen LogP contribution is -2.32. The Kier molecular flexibility index (Phi) is 16.8. The van der Waals surface area contributed by atoms with Crippen molar-refractivity contribution in [2.45, 2.75) is 86.5 Å². The largest absolute Gasteiger partial charge is 0.425 e. The predicted octanol–water partition coefficient (Wildman–Crippen LogP) is 10.7. The van der Waals surface area contributed by atoms with Crippen LogP contribution < -0.4 is 20.1 Å². The van der Waals surface area contributed by atoms with E-state index < -0.39 is 25.8 Å². The summed E-state index contributed by atoms with van der Waals surface area (Å²) in [6, 6.07) is 29.1. The summed E-state index contributed by atoms with van der Waals surface area (Å²) in [5.74, 6) is -0.196. The number of aryl methyl sites for hydroxylation is 1. The van der Waals surface area contributed by atoms with Crippen LogP contribution in [0.3, 0.4) is 0 Å². The number of carbonyl (C=O) groups is 3. The Morgan fingerprint density at radius 1 is 0.754 bits per heavy atom. The van der Waals surface area contributed by atoms with Gasteiger partial charge >= 0.3 is 25.6 Å². The van der Waals surface area contributed by atoms with Crippen LogP contribution in [0.1, 0.15) is 82.6 Å². The Morgan fingerprint density at radius 2 is 1.39 bits per heavy atom. The minimum atomic E-state index is -3.39. The summed E-state index contributed by atoms with van der Waals surface area (Å²) in [4.78, 5) is 41.5. The molecule has 57 heavy (non-hydrogen) atoms. The molecule has 11 nitrogen and oxygen atoms in total. The number of nitrogens with one attached hydrogen (secondary N) is 2. The summed E-state index contributed by atoms with van der Waals surface area (Å²) in [6.07, 6.45) is -0.500. The van der Waals surface area contributed by atoms with Gasteiger partial charge in [0.15, 0.2) is 0 Å². The zero-order valence-corrected chi connectivity index (χ0v) is 35.3. The van der Waals surface area contributed by atoms with E-state index >= 15 is 0 Å². The average Bonchev–Trinajstić information content (AvgIpc) is 3.14. The lowest BCUT2D eigenvalue weighted by Gasteiger charge is -2.31. The van der Waals surface area contributed by atoms with Crippen LogP contribution in [-0.4, -0.2) is 44.0 Å². The van der Waals surface area contributed by atoms with Crippen LogP contribution in [-0.2, 0) is 41.2 Å². The zero-order chi connectivity index (χ0) is 41.5. The van der Waals surface area contributed by atoms with Crippen LogP contribution in [0.4, 0.5) is 21.9 Å². The van der Waals surface area contributed by atoms with Crippen LogP contribution in [0, 0.1) is 18.8 Å². The van der Waals surface area contributed by atoms with Gasteiger partial charge in [-0.25, -0.2) is 9.36 Å². The molecule has 2 N–H and O–H groups in total. The van der Waals surface area contributed by atoms with Gasteiger partial charge in [-0.05, 0) is 84.2 Å². The molecule has 2 unspecified atom stereocenters. The highest BCUT2D eigenvalue weighted by molar-refractivity contribution is 7.53. The molecule has 0 aromatic heterocycles. The first-order chi connectivity index (χ1) is 27.1. The summed E-state index contributed by atoms with van der Waals surface area (Å²) in [5, 5.41) is 6.01. The number of benzene rings is 4. The molecule has 4 aromatic rings. The highest BCUT2D eigenvalue weighted by Gasteiger charge is 2.23. The number of esters is 2. The molecular formula is C45H58N3O8P. The van der Waals surface area contributed by atoms with Gasteiger partial charge in [0.05, 0.1) is 30.8 Å². The van der Waals surface area contributed by atoms with E-state index in [2.05, 4.69) is 43.2 Å². The molecular weight excluding hydrogens is 741 g/mol. The Hall–Kier alpha value is -5.12. The molecule has 0 radical (unpaired) electrons. The number of rotatable bonds is 20. The van der Waals surface area contributed by atoms with E-state index in [9.17, 15) is 18.9 Å². The van der Waals surface area contributed by atoms with E-state index in [0.717, 1.165) is 35.5 Å². The molecule has 0 saturated carbocycles. The van der Waals surface area contributed by atoms with Crippen molar-refractivity contribution in [2.75, 3.05) is 35.3 Å². The third-order valence-electron chi connectivity index (χ3n) is 8.91. The van der Waals surface area contributed by atoms with Gasteiger partial charge in [0.2, 0.25) is 6.29 Å². The molecule has 306 valence electrons. The van der Waals surface area contributed by atoms with Gasteiger partial charge in [0.1, 0.15) is 5.75 Å².